The van der Waals surface area contributed by atoms with E-state index < -0.39 is 0 Å². The number of benzene rings is 1. The first-order valence-corrected chi connectivity index (χ1v) is 9.39. The second-order valence-electron chi connectivity index (χ2n) is 6.89. The van der Waals surface area contributed by atoms with Crippen LogP contribution in [-0.4, -0.2) is 32.8 Å². The van der Waals surface area contributed by atoms with Crippen molar-refractivity contribution in [2.45, 2.75) is 18.9 Å². The molecule has 5 rings (SSSR count). The summed E-state index contributed by atoms with van der Waals surface area (Å²) in [6.07, 6.45) is 3.06. The first kappa shape index (κ1) is 14.4. The molecule has 2 atom stereocenters. The van der Waals surface area contributed by atoms with Gasteiger partial charge in [-0.15, -0.1) is 11.3 Å². The average Bonchev–Trinajstić information content (AvgIpc) is 3.33. The molecule has 0 bridgehead atoms. The molecule has 0 N–H and O–H groups in total. The van der Waals surface area contributed by atoms with Gasteiger partial charge in [0.15, 0.2) is 0 Å². The van der Waals surface area contributed by atoms with Gasteiger partial charge in [0.25, 0.3) is 0 Å². The van der Waals surface area contributed by atoms with E-state index >= 15 is 0 Å². The van der Waals surface area contributed by atoms with Crippen LogP contribution >= 0.6 is 11.3 Å². The van der Waals surface area contributed by atoms with Gasteiger partial charge in [-0.3, -0.25) is 9.58 Å². The number of hydrogen-bond acceptors (Lipinski definition) is 4. The Morgan fingerprint density at radius 1 is 1.21 bits per heavy atom. The fourth-order valence-corrected chi connectivity index (χ4v) is 5.07. The molecule has 0 unspecified atom stereocenters. The second kappa shape index (κ2) is 5.53. The highest BCUT2D eigenvalue weighted by Gasteiger charge is 2.43. The smallest absolute Gasteiger partial charge is 0.107 e. The Morgan fingerprint density at radius 2 is 2.08 bits per heavy atom. The molecule has 3 heterocycles. The van der Waals surface area contributed by atoms with Crippen LogP contribution in [-0.2, 0) is 20.0 Å². The Kier molecular flexibility index (Phi) is 3.31. The SMILES string of the molecule is Cn1nc(-c2ccccc2)c2c1C[C@@H]1CN(Cc3nccs3)C[C@H]21. The first-order valence-electron chi connectivity index (χ1n) is 8.51. The van der Waals surface area contributed by atoms with Crippen molar-refractivity contribution < 1.29 is 0 Å². The number of aromatic nitrogens is 3. The van der Waals surface area contributed by atoms with E-state index in [9.17, 15) is 0 Å². The molecule has 4 nitrogen and oxygen atoms in total. The highest BCUT2D eigenvalue weighted by molar-refractivity contribution is 7.09. The minimum absolute atomic E-state index is 0.615. The molecule has 1 aliphatic carbocycles. The number of nitrogens with zero attached hydrogens (tertiary/aromatic N) is 4. The Hall–Kier alpha value is -1.98. The first-order chi connectivity index (χ1) is 11.8. The van der Waals surface area contributed by atoms with E-state index in [0.717, 1.165) is 25.4 Å². The summed E-state index contributed by atoms with van der Waals surface area (Å²) in [5, 5.41) is 8.15. The normalized spacial score (nSPS) is 22.7. The lowest BCUT2D eigenvalue weighted by Gasteiger charge is -2.15. The number of likely N-dealkylation sites (tertiary alicyclic amines) is 1. The molecule has 0 amide bonds. The average molecular weight is 336 g/mol. The van der Waals surface area contributed by atoms with Gasteiger partial charge in [-0.1, -0.05) is 30.3 Å². The fourth-order valence-electron chi connectivity index (χ4n) is 4.41. The van der Waals surface area contributed by atoms with E-state index in [4.69, 9.17) is 5.10 Å². The third-order valence-corrected chi connectivity index (χ3v) is 6.20. The lowest BCUT2D eigenvalue weighted by molar-refractivity contribution is 0.313. The molecule has 2 aliphatic rings. The second-order valence-corrected chi connectivity index (χ2v) is 7.87. The summed E-state index contributed by atoms with van der Waals surface area (Å²) in [4.78, 5) is 7.02. The predicted octanol–water partition coefficient (Wildman–Crippen LogP) is 3.32. The molecule has 0 radical (unpaired) electrons. The summed E-state index contributed by atoms with van der Waals surface area (Å²) in [7, 11) is 2.10. The number of thiazole rings is 1. The van der Waals surface area contributed by atoms with E-state index in [-0.39, 0.29) is 0 Å². The van der Waals surface area contributed by atoms with Gasteiger partial charge in [0, 0.05) is 54.5 Å². The zero-order valence-corrected chi connectivity index (χ0v) is 14.5. The number of hydrogen-bond donors (Lipinski definition) is 0. The summed E-state index contributed by atoms with van der Waals surface area (Å²) in [6, 6.07) is 10.6. The van der Waals surface area contributed by atoms with Crippen LogP contribution in [0.1, 0.15) is 22.2 Å². The van der Waals surface area contributed by atoms with E-state index in [2.05, 4.69) is 57.3 Å². The molecule has 1 aromatic carbocycles. The van der Waals surface area contributed by atoms with Crippen LogP contribution < -0.4 is 0 Å². The third kappa shape index (κ3) is 2.23. The molecule has 3 aromatic rings. The molecule has 1 aliphatic heterocycles. The maximum atomic E-state index is 4.85. The molecule has 0 saturated carbocycles. The Labute approximate surface area is 145 Å². The summed E-state index contributed by atoms with van der Waals surface area (Å²) < 4.78 is 2.11. The van der Waals surface area contributed by atoms with E-state index in [1.807, 2.05) is 6.20 Å². The van der Waals surface area contributed by atoms with Crippen LogP contribution in [0.3, 0.4) is 0 Å². The van der Waals surface area contributed by atoms with Crippen molar-refractivity contribution in [1.29, 1.82) is 0 Å². The highest BCUT2D eigenvalue weighted by atomic mass is 32.1. The molecule has 0 spiro atoms. The molecular formula is C19H20N4S. The van der Waals surface area contributed by atoms with E-state index in [1.54, 1.807) is 11.3 Å². The standard InChI is InChI=1S/C19H20N4S/c1-22-16-9-14-10-23(12-17-20-7-8-24-17)11-15(14)18(16)19(21-22)13-5-3-2-4-6-13/h2-8,14-15H,9-12H2,1H3/t14-,15+/m1/s1. The lowest BCUT2D eigenvalue weighted by atomic mass is 9.94. The summed E-state index contributed by atoms with van der Waals surface area (Å²) in [6.45, 7) is 3.29. The fraction of sp³-hybridized carbons (Fsp3) is 0.368. The van der Waals surface area contributed by atoms with Gasteiger partial charge >= 0.3 is 0 Å². The zero-order chi connectivity index (χ0) is 16.1. The van der Waals surface area contributed by atoms with Gasteiger partial charge in [0.2, 0.25) is 0 Å². The largest absolute Gasteiger partial charge is 0.296 e. The topological polar surface area (TPSA) is 34.0 Å². The van der Waals surface area contributed by atoms with Crippen molar-refractivity contribution in [3.8, 4) is 11.3 Å². The molecule has 1 fully saturated rings. The summed E-state index contributed by atoms with van der Waals surface area (Å²) in [5.74, 6) is 1.34. The predicted molar refractivity (Wildman–Crippen MR) is 96.0 cm³/mol. The molecular weight excluding hydrogens is 316 g/mol. The Morgan fingerprint density at radius 3 is 2.88 bits per heavy atom. The highest BCUT2D eigenvalue weighted by Crippen LogP contribution is 2.47. The van der Waals surface area contributed by atoms with Crippen LogP contribution in [0, 0.1) is 5.92 Å². The molecule has 122 valence electrons. The number of fused-ring (bicyclic) bond motifs is 3. The van der Waals surface area contributed by atoms with Crippen LogP contribution in [0.2, 0.25) is 0 Å². The zero-order valence-electron chi connectivity index (χ0n) is 13.7. The molecule has 5 heteroatoms. The van der Waals surface area contributed by atoms with Gasteiger partial charge < -0.3 is 0 Å². The van der Waals surface area contributed by atoms with Crippen LogP contribution in [0.25, 0.3) is 11.3 Å². The van der Waals surface area contributed by atoms with Crippen molar-refractivity contribution in [1.82, 2.24) is 19.7 Å². The van der Waals surface area contributed by atoms with Gasteiger partial charge in [-0.2, -0.15) is 5.10 Å². The number of rotatable bonds is 3. The van der Waals surface area contributed by atoms with Gasteiger partial charge in [0.1, 0.15) is 5.01 Å². The van der Waals surface area contributed by atoms with Crippen molar-refractivity contribution in [3.63, 3.8) is 0 Å². The van der Waals surface area contributed by atoms with Crippen molar-refractivity contribution in [3.05, 3.63) is 58.2 Å². The quantitative estimate of drug-likeness (QED) is 0.736. The molecule has 1 saturated heterocycles. The van der Waals surface area contributed by atoms with Crippen molar-refractivity contribution in [2.24, 2.45) is 13.0 Å². The van der Waals surface area contributed by atoms with Crippen LogP contribution in [0.15, 0.2) is 41.9 Å². The maximum absolute atomic E-state index is 4.85. The molecule has 2 aromatic heterocycles. The Bertz CT molecular complexity index is 853. The van der Waals surface area contributed by atoms with Gasteiger partial charge in [-0.25, -0.2) is 4.98 Å². The van der Waals surface area contributed by atoms with Crippen molar-refractivity contribution >= 4 is 11.3 Å². The third-order valence-electron chi connectivity index (χ3n) is 5.44. The minimum atomic E-state index is 0.615. The van der Waals surface area contributed by atoms with Crippen LogP contribution in [0.4, 0.5) is 0 Å². The maximum Gasteiger partial charge on any atom is 0.107 e. The van der Waals surface area contributed by atoms with E-state index in [1.165, 1.54) is 34.1 Å². The lowest BCUT2D eigenvalue weighted by Crippen LogP contribution is -2.21. The van der Waals surface area contributed by atoms with Crippen molar-refractivity contribution in [2.75, 3.05) is 13.1 Å². The minimum Gasteiger partial charge on any atom is -0.296 e. The van der Waals surface area contributed by atoms with Gasteiger partial charge in [-0.05, 0) is 12.3 Å². The monoisotopic (exact) mass is 336 g/mol. The summed E-state index contributed by atoms with van der Waals surface area (Å²) in [5.41, 5.74) is 5.37. The Balaban J connectivity index is 1.47. The number of aryl methyl sites for hydroxylation is 1. The van der Waals surface area contributed by atoms with Gasteiger partial charge in [0.05, 0.1) is 12.2 Å². The van der Waals surface area contributed by atoms with E-state index in [0.29, 0.717) is 5.92 Å². The molecule has 24 heavy (non-hydrogen) atoms. The summed E-state index contributed by atoms with van der Waals surface area (Å²) >= 11 is 1.76. The van der Waals surface area contributed by atoms with Crippen LogP contribution in [0.5, 0.6) is 0 Å².